The molecule has 17 heavy (non-hydrogen) atoms. The molecule has 0 spiro atoms. The Kier molecular flexibility index (Phi) is 2.94. The van der Waals surface area contributed by atoms with Crippen LogP contribution in [-0.4, -0.2) is 44.5 Å². The van der Waals surface area contributed by atoms with Crippen LogP contribution in [-0.2, 0) is 4.74 Å². The first kappa shape index (κ1) is 12.1. The first-order valence-corrected chi connectivity index (χ1v) is 4.84. The number of alkyl halides is 2. The topological polar surface area (TPSA) is 84.6 Å². The lowest BCUT2D eigenvalue weighted by Crippen LogP contribution is -2.41. The Balaban J connectivity index is 2.41. The third kappa shape index (κ3) is 1.84. The summed E-state index contributed by atoms with van der Waals surface area (Å²) in [4.78, 5) is 14.6. The van der Waals surface area contributed by atoms with Gasteiger partial charge in [0.25, 0.3) is 0 Å². The highest BCUT2D eigenvalue weighted by Gasteiger charge is 2.59. The van der Waals surface area contributed by atoms with E-state index in [1.807, 2.05) is 0 Å². The average Bonchev–Trinajstić information content (AvgIpc) is 2.52. The van der Waals surface area contributed by atoms with Crippen molar-refractivity contribution in [2.75, 3.05) is 6.61 Å². The minimum Gasteiger partial charge on any atom is -0.394 e. The number of aliphatic hydroxyl groups excluding tert-OH is 2. The normalized spacial score (nSPS) is 31.6. The van der Waals surface area contributed by atoms with E-state index in [9.17, 15) is 18.7 Å². The van der Waals surface area contributed by atoms with Crippen LogP contribution in [0, 0.1) is 0 Å². The van der Waals surface area contributed by atoms with E-state index in [-0.39, 0.29) is 0 Å². The molecular weight excluding hydrogens is 238 g/mol. The SMILES string of the molecule is O=c1ncccn1[C@@H]1O[C@H](CO)C(O)C1(F)F. The fraction of sp³-hybridized carbons (Fsp3) is 0.556. The Morgan fingerprint density at radius 2 is 2.29 bits per heavy atom. The van der Waals surface area contributed by atoms with E-state index in [0.717, 1.165) is 12.4 Å². The molecule has 2 N–H and O–H groups in total. The summed E-state index contributed by atoms with van der Waals surface area (Å²) in [5.41, 5.74) is -0.914. The number of rotatable bonds is 2. The zero-order valence-corrected chi connectivity index (χ0v) is 8.53. The summed E-state index contributed by atoms with van der Waals surface area (Å²) in [5.74, 6) is -3.67. The maximum absolute atomic E-state index is 13.6. The molecule has 2 heterocycles. The van der Waals surface area contributed by atoms with E-state index in [1.54, 1.807) is 0 Å². The third-order valence-electron chi connectivity index (χ3n) is 2.55. The second-order valence-corrected chi connectivity index (χ2v) is 3.64. The van der Waals surface area contributed by atoms with E-state index in [4.69, 9.17) is 9.84 Å². The highest BCUT2D eigenvalue weighted by Crippen LogP contribution is 2.41. The predicted octanol–water partition coefficient (Wildman–Crippen LogP) is -0.871. The van der Waals surface area contributed by atoms with Crippen molar-refractivity contribution in [1.29, 1.82) is 0 Å². The monoisotopic (exact) mass is 248 g/mol. The van der Waals surface area contributed by atoms with Gasteiger partial charge >= 0.3 is 11.6 Å². The molecule has 0 bridgehead atoms. The first-order valence-electron chi connectivity index (χ1n) is 4.84. The molecular formula is C9H10F2N2O4. The van der Waals surface area contributed by atoms with Gasteiger partial charge in [0.05, 0.1) is 6.61 Å². The number of aromatic nitrogens is 2. The molecule has 0 aliphatic carbocycles. The summed E-state index contributed by atoms with van der Waals surface area (Å²) in [6.45, 7) is -0.762. The van der Waals surface area contributed by atoms with Crippen LogP contribution >= 0.6 is 0 Å². The van der Waals surface area contributed by atoms with Crippen LogP contribution < -0.4 is 5.69 Å². The number of hydrogen-bond donors (Lipinski definition) is 2. The summed E-state index contributed by atoms with van der Waals surface area (Å²) < 4.78 is 32.6. The van der Waals surface area contributed by atoms with Crippen LogP contribution in [0.1, 0.15) is 6.23 Å². The summed E-state index contributed by atoms with van der Waals surface area (Å²) in [6.07, 6.45) is -3.31. The summed E-state index contributed by atoms with van der Waals surface area (Å²) in [5, 5.41) is 18.0. The maximum Gasteiger partial charge on any atom is 0.349 e. The van der Waals surface area contributed by atoms with E-state index >= 15 is 0 Å². The van der Waals surface area contributed by atoms with Crippen molar-refractivity contribution in [3.63, 3.8) is 0 Å². The molecule has 6 nitrogen and oxygen atoms in total. The molecule has 94 valence electrons. The number of ether oxygens (including phenoxy) is 1. The van der Waals surface area contributed by atoms with Crippen molar-refractivity contribution in [1.82, 2.24) is 9.55 Å². The molecule has 0 saturated carbocycles. The van der Waals surface area contributed by atoms with Crippen molar-refractivity contribution in [3.05, 3.63) is 28.9 Å². The lowest BCUT2D eigenvalue weighted by Gasteiger charge is -2.20. The number of nitrogens with zero attached hydrogens (tertiary/aromatic N) is 2. The smallest absolute Gasteiger partial charge is 0.349 e. The van der Waals surface area contributed by atoms with Crippen molar-refractivity contribution in [2.24, 2.45) is 0 Å². The van der Waals surface area contributed by atoms with Crippen LogP contribution in [0.15, 0.2) is 23.3 Å². The van der Waals surface area contributed by atoms with Crippen molar-refractivity contribution < 1.29 is 23.7 Å². The second kappa shape index (κ2) is 4.13. The highest BCUT2D eigenvalue weighted by atomic mass is 19.3. The van der Waals surface area contributed by atoms with Gasteiger partial charge in [-0.05, 0) is 6.07 Å². The Bertz CT molecular complexity index is 464. The van der Waals surface area contributed by atoms with Crippen LogP contribution in [0.5, 0.6) is 0 Å². The Morgan fingerprint density at radius 3 is 2.82 bits per heavy atom. The molecule has 1 aliphatic rings. The van der Waals surface area contributed by atoms with Gasteiger partial charge < -0.3 is 14.9 Å². The molecule has 2 rings (SSSR count). The lowest BCUT2D eigenvalue weighted by atomic mass is 10.1. The number of hydrogen-bond acceptors (Lipinski definition) is 5. The van der Waals surface area contributed by atoms with Gasteiger partial charge in [-0.15, -0.1) is 0 Å². The standard InChI is InChI=1S/C9H10F2N2O4/c10-9(11)6(15)5(4-14)17-7(9)13-3-1-2-12-8(13)16/h1-3,5-7,14-15H,4H2/t5-,6?,7-/m1/s1. The quantitative estimate of drug-likeness (QED) is 0.710. The van der Waals surface area contributed by atoms with Crippen molar-refractivity contribution in [2.45, 2.75) is 24.4 Å². The fourth-order valence-corrected chi connectivity index (χ4v) is 1.67. The van der Waals surface area contributed by atoms with E-state index in [2.05, 4.69) is 4.98 Å². The lowest BCUT2D eigenvalue weighted by molar-refractivity contribution is -0.141. The molecule has 0 aromatic carbocycles. The highest BCUT2D eigenvalue weighted by molar-refractivity contribution is 4.97. The molecule has 1 aliphatic heterocycles. The predicted molar refractivity (Wildman–Crippen MR) is 50.4 cm³/mol. The average molecular weight is 248 g/mol. The van der Waals surface area contributed by atoms with Gasteiger partial charge in [-0.25, -0.2) is 9.78 Å². The molecule has 3 atom stereocenters. The molecule has 0 radical (unpaired) electrons. The molecule has 1 aromatic rings. The first-order chi connectivity index (χ1) is 7.98. The minimum atomic E-state index is -3.67. The van der Waals surface area contributed by atoms with Crippen LogP contribution in [0.25, 0.3) is 0 Å². The molecule has 8 heteroatoms. The van der Waals surface area contributed by atoms with Gasteiger partial charge in [0.15, 0.2) is 6.10 Å². The second-order valence-electron chi connectivity index (χ2n) is 3.64. The number of aliphatic hydroxyl groups is 2. The third-order valence-corrected chi connectivity index (χ3v) is 2.55. The Hall–Kier alpha value is -1.38. The van der Waals surface area contributed by atoms with Crippen LogP contribution in [0.4, 0.5) is 8.78 Å². The summed E-state index contributed by atoms with van der Waals surface area (Å²) >= 11 is 0. The zero-order chi connectivity index (χ0) is 12.6. The maximum atomic E-state index is 13.6. The number of halogens is 2. The Morgan fingerprint density at radius 1 is 1.59 bits per heavy atom. The van der Waals surface area contributed by atoms with Crippen molar-refractivity contribution in [3.8, 4) is 0 Å². The van der Waals surface area contributed by atoms with Gasteiger partial charge in [0.1, 0.15) is 6.10 Å². The summed E-state index contributed by atoms with van der Waals surface area (Å²) in [6, 6.07) is 1.29. The van der Waals surface area contributed by atoms with E-state index in [1.165, 1.54) is 6.07 Å². The van der Waals surface area contributed by atoms with Gasteiger partial charge in [-0.3, -0.25) is 4.57 Å². The molecule has 1 aromatic heterocycles. The molecule has 0 amide bonds. The van der Waals surface area contributed by atoms with Gasteiger partial charge in [0, 0.05) is 12.4 Å². The fourth-order valence-electron chi connectivity index (χ4n) is 1.67. The minimum absolute atomic E-state index is 0.582. The van der Waals surface area contributed by atoms with Crippen molar-refractivity contribution >= 4 is 0 Å². The molecule has 1 fully saturated rings. The largest absolute Gasteiger partial charge is 0.394 e. The van der Waals surface area contributed by atoms with E-state index < -0.39 is 36.7 Å². The van der Waals surface area contributed by atoms with Crippen LogP contribution in [0.3, 0.4) is 0 Å². The molecule has 1 unspecified atom stereocenters. The van der Waals surface area contributed by atoms with Gasteiger partial charge in [0.2, 0.25) is 6.23 Å². The zero-order valence-electron chi connectivity index (χ0n) is 8.53. The van der Waals surface area contributed by atoms with Gasteiger partial charge in [-0.2, -0.15) is 8.78 Å². The van der Waals surface area contributed by atoms with E-state index in [0.29, 0.717) is 4.57 Å². The van der Waals surface area contributed by atoms with Gasteiger partial charge in [-0.1, -0.05) is 0 Å². The Labute approximate surface area is 94.1 Å². The van der Waals surface area contributed by atoms with Crippen LogP contribution in [0.2, 0.25) is 0 Å². The molecule has 1 saturated heterocycles. The summed E-state index contributed by atoms with van der Waals surface area (Å²) in [7, 11) is 0.